The van der Waals surface area contributed by atoms with Crippen molar-refractivity contribution in [3.05, 3.63) is 70.1 Å². The summed E-state index contributed by atoms with van der Waals surface area (Å²) >= 11 is 1.31. The summed E-state index contributed by atoms with van der Waals surface area (Å²) in [6.07, 6.45) is 0. The lowest BCUT2D eigenvalue weighted by molar-refractivity contribution is 0.102. The van der Waals surface area contributed by atoms with Crippen molar-refractivity contribution in [2.45, 2.75) is 25.5 Å². The third-order valence-corrected chi connectivity index (χ3v) is 5.62. The number of fused-ring (bicyclic) bond motifs is 2. The first-order valence-corrected chi connectivity index (χ1v) is 9.81. The van der Waals surface area contributed by atoms with Gasteiger partial charge in [0.05, 0.1) is 16.7 Å². The maximum atomic E-state index is 12.9. The smallest absolute Gasteiger partial charge is 0.262 e. The first-order valence-electron chi connectivity index (χ1n) is 8.83. The predicted molar refractivity (Wildman–Crippen MR) is 110 cm³/mol. The quantitative estimate of drug-likeness (QED) is 0.322. The van der Waals surface area contributed by atoms with Gasteiger partial charge < -0.3 is 4.98 Å². The number of aryl methyl sites for hydroxylation is 1. The minimum atomic E-state index is -0.0682. The number of carbonyl (C=O) groups excluding carboxylic acids is 1. The Hall–Kier alpha value is -2.86. The van der Waals surface area contributed by atoms with Crippen molar-refractivity contribution in [3.63, 3.8) is 0 Å². The lowest BCUT2D eigenvalue weighted by Crippen LogP contribution is -2.22. The Morgan fingerprint density at radius 1 is 1.11 bits per heavy atom. The zero-order valence-corrected chi connectivity index (χ0v) is 16.0. The Balaban J connectivity index is 1.68. The largest absolute Gasteiger partial charge is 0.358 e. The van der Waals surface area contributed by atoms with Crippen LogP contribution in [0.5, 0.6) is 0 Å². The number of hydrogen-bond donors (Lipinski definition) is 1. The fourth-order valence-electron chi connectivity index (χ4n) is 3.37. The van der Waals surface area contributed by atoms with Crippen molar-refractivity contribution >= 4 is 39.4 Å². The molecular formula is C21H19N3O2S. The average molecular weight is 377 g/mol. The molecule has 2 aromatic carbocycles. The average Bonchev–Trinajstić information content (AvgIpc) is 3.02. The normalized spacial score (nSPS) is 11.3. The SMILES string of the molecule is CCn1c(SCC(=O)c2c(C)[nH]c3ccccc23)nc2ccccc2c1=O. The highest BCUT2D eigenvalue weighted by molar-refractivity contribution is 7.99. The van der Waals surface area contributed by atoms with Crippen molar-refractivity contribution in [3.8, 4) is 0 Å². The van der Waals surface area contributed by atoms with E-state index < -0.39 is 0 Å². The zero-order valence-electron chi connectivity index (χ0n) is 15.2. The monoisotopic (exact) mass is 377 g/mol. The van der Waals surface area contributed by atoms with Crippen LogP contribution in [0.1, 0.15) is 23.0 Å². The molecule has 0 spiro atoms. The second kappa shape index (κ2) is 7.04. The highest BCUT2D eigenvalue weighted by atomic mass is 32.2. The lowest BCUT2D eigenvalue weighted by atomic mass is 10.1. The molecule has 0 radical (unpaired) electrons. The van der Waals surface area contributed by atoms with Crippen molar-refractivity contribution in [2.75, 3.05) is 5.75 Å². The minimum absolute atomic E-state index is 0.0278. The number of benzene rings is 2. The van der Waals surface area contributed by atoms with E-state index in [1.165, 1.54) is 11.8 Å². The van der Waals surface area contributed by atoms with E-state index in [1.54, 1.807) is 10.6 Å². The molecule has 0 aliphatic rings. The van der Waals surface area contributed by atoms with Crippen LogP contribution in [-0.2, 0) is 6.54 Å². The van der Waals surface area contributed by atoms with Gasteiger partial charge in [0.2, 0.25) is 0 Å². The fraction of sp³-hybridized carbons (Fsp3) is 0.190. The van der Waals surface area contributed by atoms with E-state index in [0.717, 1.165) is 16.6 Å². The van der Waals surface area contributed by atoms with E-state index in [2.05, 4.69) is 9.97 Å². The molecule has 0 unspecified atom stereocenters. The van der Waals surface area contributed by atoms with Gasteiger partial charge in [-0.25, -0.2) is 4.98 Å². The zero-order chi connectivity index (χ0) is 19.0. The van der Waals surface area contributed by atoms with Gasteiger partial charge in [-0.2, -0.15) is 0 Å². The summed E-state index contributed by atoms with van der Waals surface area (Å²) in [6, 6.07) is 15.1. The van der Waals surface area contributed by atoms with Crippen LogP contribution in [0.3, 0.4) is 0 Å². The standard InChI is InChI=1S/C21H19N3O2S/c1-3-24-20(26)15-9-5-7-11-17(15)23-21(24)27-12-18(25)19-13(2)22-16-10-6-4-8-14(16)19/h4-11,22H,3,12H2,1-2H3. The third kappa shape index (κ3) is 3.06. The van der Waals surface area contributed by atoms with Gasteiger partial charge >= 0.3 is 0 Å². The lowest BCUT2D eigenvalue weighted by Gasteiger charge is -2.11. The summed E-state index contributed by atoms with van der Waals surface area (Å²) in [5, 5.41) is 2.11. The maximum Gasteiger partial charge on any atom is 0.262 e. The van der Waals surface area contributed by atoms with Gasteiger partial charge in [0, 0.05) is 28.7 Å². The van der Waals surface area contributed by atoms with Crippen molar-refractivity contribution in [1.29, 1.82) is 0 Å². The molecule has 0 aliphatic carbocycles. The molecule has 4 aromatic rings. The predicted octanol–water partition coefficient (Wildman–Crippen LogP) is 4.18. The van der Waals surface area contributed by atoms with Gasteiger partial charge in [-0.3, -0.25) is 14.2 Å². The summed E-state index contributed by atoms with van der Waals surface area (Å²) in [7, 11) is 0. The number of rotatable bonds is 5. The number of ketones is 1. The molecule has 0 atom stereocenters. The number of aromatic nitrogens is 3. The molecule has 5 nitrogen and oxygen atoms in total. The van der Waals surface area contributed by atoms with Gasteiger partial charge in [-0.1, -0.05) is 42.1 Å². The summed E-state index contributed by atoms with van der Waals surface area (Å²) in [5.41, 5.74) is 3.12. The molecule has 6 heteroatoms. The number of thioether (sulfide) groups is 1. The van der Waals surface area contributed by atoms with Gasteiger partial charge in [-0.05, 0) is 32.0 Å². The Morgan fingerprint density at radius 2 is 1.81 bits per heavy atom. The highest BCUT2D eigenvalue weighted by Crippen LogP contribution is 2.25. The Bertz CT molecular complexity index is 1220. The summed E-state index contributed by atoms with van der Waals surface area (Å²) < 4.78 is 1.63. The Kier molecular flexibility index (Phi) is 4.58. The van der Waals surface area contributed by atoms with Crippen LogP contribution in [0.25, 0.3) is 21.8 Å². The Labute approximate surface area is 160 Å². The van der Waals surface area contributed by atoms with Crippen LogP contribution in [0.2, 0.25) is 0 Å². The van der Waals surface area contributed by atoms with Crippen LogP contribution in [-0.4, -0.2) is 26.1 Å². The maximum absolute atomic E-state index is 12.9. The van der Waals surface area contributed by atoms with Gasteiger partial charge in [0.1, 0.15) is 0 Å². The number of nitrogens with zero attached hydrogens (tertiary/aromatic N) is 2. The summed E-state index contributed by atoms with van der Waals surface area (Å²) in [5.74, 6) is 0.257. The molecule has 2 heterocycles. The highest BCUT2D eigenvalue weighted by Gasteiger charge is 2.18. The van der Waals surface area contributed by atoms with E-state index in [0.29, 0.717) is 28.2 Å². The van der Waals surface area contributed by atoms with Gasteiger partial charge in [-0.15, -0.1) is 0 Å². The van der Waals surface area contributed by atoms with Crippen LogP contribution < -0.4 is 5.56 Å². The molecule has 27 heavy (non-hydrogen) atoms. The van der Waals surface area contributed by atoms with Crippen LogP contribution >= 0.6 is 11.8 Å². The number of carbonyl (C=O) groups is 1. The second-order valence-electron chi connectivity index (χ2n) is 6.34. The number of aromatic amines is 1. The molecule has 136 valence electrons. The molecule has 2 aromatic heterocycles. The molecule has 0 amide bonds. The van der Waals surface area contributed by atoms with Crippen molar-refractivity contribution in [1.82, 2.24) is 14.5 Å². The van der Waals surface area contributed by atoms with Crippen LogP contribution in [0.15, 0.2) is 58.5 Å². The van der Waals surface area contributed by atoms with E-state index >= 15 is 0 Å². The van der Waals surface area contributed by atoms with Crippen LogP contribution in [0, 0.1) is 6.92 Å². The summed E-state index contributed by atoms with van der Waals surface area (Å²) in [4.78, 5) is 33.5. The number of hydrogen-bond acceptors (Lipinski definition) is 4. The molecule has 0 saturated carbocycles. The second-order valence-corrected chi connectivity index (χ2v) is 7.29. The first-order chi connectivity index (χ1) is 13.1. The molecule has 0 bridgehead atoms. The minimum Gasteiger partial charge on any atom is -0.358 e. The van der Waals surface area contributed by atoms with Crippen LogP contribution in [0.4, 0.5) is 0 Å². The number of Topliss-reactive ketones (excluding diaryl/α,β-unsaturated/α-hetero) is 1. The van der Waals surface area contributed by atoms with Crippen molar-refractivity contribution in [2.24, 2.45) is 0 Å². The number of H-pyrrole nitrogens is 1. The van der Waals surface area contributed by atoms with E-state index in [9.17, 15) is 9.59 Å². The molecule has 0 fully saturated rings. The Morgan fingerprint density at radius 3 is 2.59 bits per heavy atom. The fourth-order valence-corrected chi connectivity index (χ4v) is 4.31. The van der Waals surface area contributed by atoms with E-state index in [4.69, 9.17) is 0 Å². The van der Waals surface area contributed by atoms with E-state index in [1.807, 2.05) is 56.3 Å². The first kappa shape index (κ1) is 17.5. The van der Waals surface area contributed by atoms with Crippen molar-refractivity contribution < 1.29 is 4.79 Å². The molecular weight excluding hydrogens is 358 g/mol. The topological polar surface area (TPSA) is 67.8 Å². The van der Waals surface area contributed by atoms with Gasteiger partial charge in [0.25, 0.3) is 5.56 Å². The van der Waals surface area contributed by atoms with Gasteiger partial charge in [0.15, 0.2) is 10.9 Å². The molecule has 1 N–H and O–H groups in total. The third-order valence-electron chi connectivity index (χ3n) is 4.65. The molecule has 4 rings (SSSR count). The number of para-hydroxylation sites is 2. The number of nitrogens with one attached hydrogen (secondary N) is 1. The molecule has 0 aliphatic heterocycles. The summed E-state index contributed by atoms with van der Waals surface area (Å²) in [6.45, 7) is 4.33. The van der Waals surface area contributed by atoms with E-state index in [-0.39, 0.29) is 17.1 Å². The molecule has 0 saturated heterocycles.